The van der Waals surface area contributed by atoms with E-state index in [1.54, 1.807) is 12.1 Å². The lowest BCUT2D eigenvalue weighted by atomic mass is 9.74. The topological polar surface area (TPSA) is 64.2 Å². The fraction of sp³-hybridized carbons (Fsp3) is 0.471. The van der Waals surface area contributed by atoms with Crippen molar-refractivity contribution in [2.75, 3.05) is 5.43 Å². The molecule has 1 aromatic carbocycles. The molecule has 1 aromatic rings. The minimum atomic E-state index is -1.15. The quantitative estimate of drug-likeness (QED) is 0.836. The molecule has 0 radical (unpaired) electrons. The second-order valence-electron chi connectivity index (χ2n) is 6.68. The van der Waals surface area contributed by atoms with Crippen LogP contribution in [0.3, 0.4) is 0 Å². The largest absolute Gasteiger partial charge is 0.545 e. The van der Waals surface area contributed by atoms with Gasteiger partial charge in [0.05, 0.1) is 11.7 Å². The molecule has 4 nitrogen and oxygen atoms in total. The maximum atomic E-state index is 10.7. The highest BCUT2D eigenvalue weighted by molar-refractivity contribution is 5.86. The normalized spacial score (nSPS) is 18.8. The molecule has 0 spiro atoms. The monoisotopic (exact) mass is 287 g/mol. The number of hydrogen-bond donors (Lipinski definition) is 2. The molecule has 1 aliphatic carbocycles. The molecule has 0 saturated heterocycles. The van der Waals surface area contributed by atoms with Gasteiger partial charge >= 0.3 is 0 Å². The Morgan fingerprint density at radius 2 is 1.86 bits per heavy atom. The lowest BCUT2D eigenvalue weighted by Gasteiger charge is -2.33. The average Bonchev–Trinajstić information content (AvgIpc) is 2.45. The number of carboxylic acids is 1. The van der Waals surface area contributed by atoms with Crippen molar-refractivity contribution in [3.05, 3.63) is 41.6 Å². The van der Waals surface area contributed by atoms with E-state index in [0.717, 1.165) is 24.4 Å². The van der Waals surface area contributed by atoms with Crippen LogP contribution in [-0.4, -0.2) is 5.97 Å². The van der Waals surface area contributed by atoms with Crippen molar-refractivity contribution in [2.45, 2.75) is 40.0 Å². The number of hydrazine groups is 1. The number of anilines is 1. The summed E-state index contributed by atoms with van der Waals surface area (Å²) in [6.45, 7) is 6.88. The zero-order valence-corrected chi connectivity index (χ0v) is 12.9. The number of aromatic carboxylic acids is 1. The van der Waals surface area contributed by atoms with E-state index in [2.05, 4.69) is 37.7 Å². The maximum absolute atomic E-state index is 10.7. The van der Waals surface area contributed by atoms with Crippen molar-refractivity contribution < 1.29 is 9.90 Å². The maximum Gasteiger partial charge on any atom is 0.0715 e. The summed E-state index contributed by atoms with van der Waals surface area (Å²) >= 11 is 0. The third kappa shape index (κ3) is 4.25. The molecule has 0 aliphatic heterocycles. The van der Waals surface area contributed by atoms with Crippen molar-refractivity contribution in [3.63, 3.8) is 0 Å². The van der Waals surface area contributed by atoms with Crippen LogP contribution in [0.5, 0.6) is 0 Å². The number of rotatable bonds is 4. The Morgan fingerprint density at radius 3 is 2.33 bits per heavy atom. The van der Waals surface area contributed by atoms with Gasteiger partial charge in [0, 0.05) is 5.70 Å². The molecule has 0 fully saturated rings. The number of carboxylic acid groups (broad SMARTS) is 1. The summed E-state index contributed by atoms with van der Waals surface area (Å²) in [4.78, 5) is 10.7. The Kier molecular flexibility index (Phi) is 4.56. The van der Waals surface area contributed by atoms with Crippen molar-refractivity contribution >= 4 is 11.7 Å². The van der Waals surface area contributed by atoms with Gasteiger partial charge in [0.2, 0.25) is 0 Å². The molecule has 0 unspecified atom stereocenters. The first-order valence-electron chi connectivity index (χ1n) is 7.39. The van der Waals surface area contributed by atoms with E-state index in [0.29, 0.717) is 5.41 Å². The molecular formula is C17H23N2O2-. The molecule has 1 aliphatic rings. The zero-order valence-electron chi connectivity index (χ0n) is 12.9. The Hall–Kier alpha value is -1.97. The number of allylic oxidation sites excluding steroid dienone is 2. The lowest BCUT2D eigenvalue weighted by molar-refractivity contribution is -0.255. The van der Waals surface area contributed by atoms with E-state index < -0.39 is 5.97 Å². The molecule has 0 heterocycles. The van der Waals surface area contributed by atoms with Gasteiger partial charge in [-0.05, 0) is 48.3 Å². The Labute approximate surface area is 126 Å². The summed E-state index contributed by atoms with van der Waals surface area (Å²) in [6, 6.07) is 6.51. The van der Waals surface area contributed by atoms with Crippen LogP contribution in [0.15, 0.2) is 36.0 Å². The molecule has 4 heteroatoms. The molecule has 21 heavy (non-hydrogen) atoms. The smallest absolute Gasteiger partial charge is 0.0715 e. The molecule has 1 atom stereocenters. The van der Waals surface area contributed by atoms with Crippen LogP contribution in [0.2, 0.25) is 0 Å². The van der Waals surface area contributed by atoms with Crippen molar-refractivity contribution in [1.29, 1.82) is 0 Å². The fourth-order valence-corrected chi connectivity index (χ4v) is 2.58. The van der Waals surface area contributed by atoms with Crippen LogP contribution in [0.4, 0.5) is 5.69 Å². The van der Waals surface area contributed by atoms with Crippen LogP contribution >= 0.6 is 0 Å². The molecule has 0 bridgehead atoms. The molecule has 0 saturated carbocycles. The van der Waals surface area contributed by atoms with E-state index in [4.69, 9.17) is 0 Å². The van der Waals surface area contributed by atoms with Gasteiger partial charge in [0.25, 0.3) is 0 Å². The minimum Gasteiger partial charge on any atom is -0.545 e. The van der Waals surface area contributed by atoms with E-state index in [9.17, 15) is 9.90 Å². The molecule has 2 N–H and O–H groups in total. The average molecular weight is 287 g/mol. The predicted molar refractivity (Wildman–Crippen MR) is 82.4 cm³/mol. The first-order chi connectivity index (χ1) is 9.86. The molecular weight excluding hydrogens is 264 g/mol. The SMILES string of the molecule is CC(C)(C)[C@H]1CC=C(NNc2ccc(C(=O)[O-])cc2)CC1. The summed E-state index contributed by atoms with van der Waals surface area (Å²) < 4.78 is 0. The Balaban J connectivity index is 1.87. The highest BCUT2D eigenvalue weighted by Gasteiger charge is 2.26. The van der Waals surface area contributed by atoms with Crippen molar-refractivity contribution in [1.82, 2.24) is 5.43 Å². The highest BCUT2D eigenvalue weighted by atomic mass is 16.4. The summed E-state index contributed by atoms with van der Waals surface area (Å²) in [7, 11) is 0. The van der Waals surface area contributed by atoms with Crippen LogP contribution in [0, 0.1) is 11.3 Å². The minimum absolute atomic E-state index is 0.186. The van der Waals surface area contributed by atoms with Gasteiger partial charge < -0.3 is 20.8 Å². The van der Waals surface area contributed by atoms with E-state index in [-0.39, 0.29) is 5.56 Å². The van der Waals surface area contributed by atoms with E-state index in [1.807, 2.05) is 0 Å². The van der Waals surface area contributed by atoms with E-state index >= 15 is 0 Å². The first kappa shape index (κ1) is 15.4. The second-order valence-corrected chi connectivity index (χ2v) is 6.68. The van der Waals surface area contributed by atoms with Crippen LogP contribution in [0.25, 0.3) is 0 Å². The number of hydrogen-bond acceptors (Lipinski definition) is 4. The predicted octanol–water partition coefficient (Wildman–Crippen LogP) is 2.70. The van der Waals surface area contributed by atoms with Crippen molar-refractivity contribution in [2.24, 2.45) is 11.3 Å². The third-order valence-electron chi connectivity index (χ3n) is 4.12. The zero-order chi connectivity index (χ0) is 15.5. The van der Waals surface area contributed by atoms with Gasteiger partial charge in [-0.25, -0.2) is 0 Å². The van der Waals surface area contributed by atoms with Crippen LogP contribution < -0.4 is 16.0 Å². The number of nitrogens with one attached hydrogen (secondary N) is 2. The van der Waals surface area contributed by atoms with Gasteiger partial charge in [-0.2, -0.15) is 0 Å². The van der Waals surface area contributed by atoms with Crippen LogP contribution in [-0.2, 0) is 0 Å². The number of carbonyl (C=O) groups excluding carboxylic acids is 1. The lowest BCUT2D eigenvalue weighted by Crippen LogP contribution is -2.27. The Morgan fingerprint density at radius 1 is 1.19 bits per heavy atom. The van der Waals surface area contributed by atoms with Gasteiger partial charge in [0.15, 0.2) is 0 Å². The summed E-state index contributed by atoms with van der Waals surface area (Å²) in [5, 5.41) is 10.7. The Bertz CT molecular complexity index is 527. The van der Waals surface area contributed by atoms with Gasteiger partial charge in [0.1, 0.15) is 0 Å². The first-order valence-corrected chi connectivity index (χ1v) is 7.39. The second kappa shape index (κ2) is 6.20. The summed E-state index contributed by atoms with van der Waals surface area (Å²) in [6.07, 6.45) is 5.57. The highest BCUT2D eigenvalue weighted by Crippen LogP contribution is 2.36. The number of carbonyl (C=O) groups is 1. The van der Waals surface area contributed by atoms with Crippen molar-refractivity contribution in [3.8, 4) is 0 Å². The standard InChI is InChI=1S/C17H24N2O2/c1-17(2,3)13-6-10-15(11-7-13)19-18-14-8-4-12(5-9-14)16(20)21/h4-5,8-10,13,18-19H,6-7,11H2,1-3H3,(H,20,21)/p-1/t13-/m0/s1. The summed E-state index contributed by atoms with van der Waals surface area (Å²) in [5.41, 5.74) is 8.88. The van der Waals surface area contributed by atoms with Gasteiger partial charge in [-0.15, -0.1) is 0 Å². The van der Waals surface area contributed by atoms with Crippen LogP contribution in [0.1, 0.15) is 50.4 Å². The molecule has 0 amide bonds. The third-order valence-corrected chi connectivity index (χ3v) is 4.12. The molecule has 2 rings (SSSR count). The number of benzene rings is 1. The fourth-order valence-electron chi connectivity index (χ4n) is 2.58. The van der Waals surface area contributed by atoms with Gasteiger partial charge in [-0.1, -0.05) is 39.0 Å². The molecule has 114 valence electrons. The van der Waals surface area contributed by atoms with Gasteiger partial charge in [-0.3, -0.25) is 0 Å². The van der Waals surface area contributed by atoms with E-state index in [1.165, 1.54) is 24.3 Å². The molecule has 0 aromatic heterocycles. The summed E-state index contributed by atoms with van der Waals surface area (Å²) in [5.74, 6) is -0.428.